The summed E-state index contributed by atoms with van der Waals surface area (Å²) in [6, 6.07) is 15.1. The Labute approximate surface area is 175 Å². The molecule has 0 atom stereocenters. The van der Waals surface area contributed by atoms with Crippen LogP contribution in [0.15, 0.2) is 84.5 Å². The average molecular weight is 426 g/mol. The Morgan fingerprint density at radius 2 is 1.87 bits per heavy atom. The average Bonchev–Trinajstić information content (AvgIpc) is 3.28. The molecule has 0 spiro atoms. The molecule has 0 radical (unpaired) electrons. The molecule has 0 unspecified atom stereocenters. The first-order valence-corrected chi connectivity index (χ1v) is 10.7. The minimum Gasteiger partial charge on any atom is -0.334 e. The molecule has 1 aromatic heterocycles. The fourth-order valence-corrected chi connectivity index (χ4v) is 3.86. The molecular weight excluding hydrogens is 402 g/mol. The Morgan fingerprint density at radius 3 is 2.47 bits per heavy atom. The third-order valence-corrected chi connectivity index (χ3v) is 6.20. The molecule has 0 aliphatic rings. The summed E-state index contributed by atoms with van der Waals surface area (Å²) in [5.74, 6) is 0. The lowest BCUT2D eigenvalue weighted by Gasteiger charge is -2.15. The Hall–Kier alpha value is -3.43. The molecule has 3 aromatic rings. The largest absolute Gasteiger partial charge is 0.334 e. The fraction of sp³-hybridized carbons (Fsp3) is 0.143. The van der Waals surface area contributed by atoms with Gasteiger partial charge in [0.1, 0.15) is 0 Å². The van der Waals surface area contributed by atoms with Gasteiger partial charge in [0.25, 0.3) is 0 Å². The second-order valence-electron chi connectivity index (χ2n) is 6.52. The number of urea groups is 1. The van der Waals surface area contributed by atoms with Gasteiger partial charge in [-0.1, -0.05) is 18.2 Å². The summed E-state index contributed by atoms with van der Waals surface area (Å²) in [7, 11) is -2.10. The number of hydrogen-bond acceptors (Lipinski definition) is 4. The van der Waals surface area contributed by atoms with E-state index in [1.807, 2.05) is 36.5 Å². The molecule has 1 heterocycles. The molecule has 8 nitrogen and oxygen atoms in total. The van der Waals surface area contributed by atoms with Crippen LogP contribution >= 0.6 is 0 Å². The summed E-state index contributed by atoms with van der Waals surface area (Å²) in [6.07, 6.45) is 5.08. The quantitative estimate of drug-likeness (QED) is 0.542. The van der Waals surface area contributed by atoms with Crippen molar-refractivity contribution in [3.8, 4) is 5.69 Å². The number of amides is 2. The molecule has 0 fully saturated rings. The van der Waals surface area contributed by atoms with E-state index in [0.29, 0.717) is 12.2 Å². The predicted octanol–water partition coefficient (Wildman–Crippen LogP) is 3.00. The normalized spacial score (nSPS) is 11.3. The number of likely N-dealkylation sites (N-methyl/N-ethyl adjacent to an activating group) is 1. The van der Waals surface area contributed by atoms with E-state index in [1.165, 1.54) is 29.6 Å². The van der Waals surface area contributed by atoms with Crippen LogP contribution in [0.2, 0.25) is 0 Å². The smallest absolute Gasteiger partial charge is 0.319 e. The number of sulfonamides is 1. The van der Waals surface area contributed by atoms with Crippen molar-refractivity contribution in [2.24, 2.45) is 0 Å². The van der Waals surface area contributed by atoms with Crippen LogP contribution in [-0.4, -0.2) is 42.1 Å². The van der Waals surface area contributed by atoms with Gasteiger partial charge in [-0.25, -0.2) is 17.9 Å². The topological polar surface area (TPSA) is 96.3 Å². The first kappa shape index (κ1) is 21.3. The highest BCUT2D eigenvalue weighted by Gasteiger charge is 2.19. The van der Waals surface area contributed by atoms with E-state index in [1.54, 1.807) is 23.0 Å². The maximum Gasteiger partial charge on any atom is 0.319 e. The minimum absolute atomic E-state index is 0.148. The van der Waals surface area contributed by atoms with Crippen molar-refractivity contribution in [1.29, 1.82) is 0 Å². The zero-order chi connectivity index (χ0) is 21.6. The molecule has 0 aliphatic carbocycles. The van der Waals surface area contributed by atoms with Crippen molar-refractivity contribution >= 4 is 21.7 Å². The Balaban J connectivity index is 1.54. The van der Waals surface area contributed by atoms with Gasteiger partial charge < -0.3 is 10.6 Å². The summed E-state index contributed by atoms with van der Waals surface area (Å²) in [5, 5.41) is 9.63. The molecular formula is C21H23N5O3S. The maximum atomic E-state index is 12.4. The van der Waals surface area contributed by atoms with Crippen LogP contribution in [0.1, 0.15) is 5.56 Å². The van der Waals surface area contributed by atoms with Crippen LogP contribution in [0.25, 0.3) is 5.69 Å². The lowest BCUT2D eigenvalue weighted by molar-refractivity contribution is 0.251. The van der Waals surface area contributed by atoms with Gasteiger partial charge in [0.2, 0.25) is 10.0 Å². The van der Waals surface area contributed by atoms with Gasteiger partial charge >= 0.3 is 6.03 Å². The number of rotatable bonds is 8. The van der Waals surface area contributed by atoms with Crippen molar-refractivity contribution in [2.75, 3.05) is 18.9 Å². The first-order chi connectivity index (χ1) is 14.4. The Bertz CT molecular complexity index is 1090. The number of hydrogen-bond donors (Lipinski definition) is 2. The molecule has 0 aliphatic heterocycles. The molecule has 0 bridgehead atoms. The van der Waals surface area contributed by atoms with Gasteiger partial charge in [-0.2, -0.15) is 9.40 Å². The van der Waals surface area contributed by atoms with Crippen molar-refractivity contribution in [3.63, 3.8) is 0 Å². The van der Waals surface area contributed by atoms with Gasteiger partial charge in [-0.05, 0) is 48.0 Å². The van der Waals surface area contributed by atoms with E-state index < -0.39 is 10.0 Å². The van der Waals surface area contributed by atoms with E-state index >= 15 is 0 Å². The predicted molar refractivity (Wildman–Crippen MR) is 116 cm³/mol. The van der Waals surface area contributed by atoms with Gasteiger partial charge in [-0.15, -0.1) is 6.58 Å². The first-order valence-electron chi connectivity index (χ1n) is 9.21. The fourth-order valence-electron chi connectivity index (χ4n) is 2.72. The number of aromatic nitrogens is 2. The molecule has 0 saturated carbocycles. The monoisotopic (exact) mass is 425 g/mol. The zero-order valence-corrected chi connectivity index (χ0v) is 17.3. The van der Waals surface area contributed by atoms with Crippen molar-refractivity contribution in [3.05, 3.63) is 85.2 Å². The van der Waals surface area contributed by atoms with Crippen LogP contribution < -0.4 is 10.6 Å². The van der Waals surface area contributed by atoms with E-state index in [4.69, 9.17) is 0 Å². The van der Waals surface area contributed by atoms with Crippen LogP contribution in [0, 0.1) is 0 Å². The van der Waals surface area contributed by atoms with Crippen molar-refractivity contribution in [1.82, 2.24) is 19.4 Å². The highest BCUT2D eigenvalue weighted by atomic mass is 32.2. The summed E-state index contributed by atoms with van der Waals surface area (Å²) in [4.78, 5) is 12.3. The summed E-state index contributed by atoms with van der Waals surface area (Å²) in [6.45, 7) is 4.11. The van der Waals surface area contributed by atoms with E-state index in [2.05, 4.69) is 22.3 Å². The third-order valence-electron chi connectivity index (χ3n) is 4.36. The van der Waals surface area contributed by atoms with Gasteiger partial charge in [0.15, 0.2) is 0 Å². The number of carbonyl (C=O) groups excluding carboxylic acids is 1. The van der Waals surface area contributed by atoms with E-state index in [9.17, 15) is 13.2 Å². The van der Waals surface area contributed by atoms with Gasteiger partial charge in [0, 0.05) is 38.2 Å². The molecule has 3 rings (SSSR count). The van der Waals surface area contributed by atoms with Crippen LogP contribution in [-0.2, 0) is 16.6 Å². The second kappa shape index (κ2) is 9.38. The van der Waals surface area contributed by atoms with Gasteiger partial charge in [0.05, 0.1) is 10.6 Å². The number of anilines is 1. The molecule has 0 saturated heterocycles. The van der Waals surface area contributed by atoms with Crippen molar-refractivity contribution in [2.45, 2.75) is 11.4 Å². The molecule has 30 heavy (non-hydrogen) atoms. The summed E-state index contributed by atoms with van der Waals surface area (Å²) >= 11 is 0. The molecule has 2 N–H and O–H groups in total. The Morgan fingerprint density at radius 1 is 1.17 bits per heavy atom. The molecule has 2 aromatic carbocycles. The summed E-state index contributed by atoms with van der Waals surface area (Å²) < 4.78 is 27.7. The second-order valence-corrected chi connectivity index (χ2v) is 8.57. The number of nitrogens with one attached hydrogen (secondary N) is 2. The van der Waals surface area contributed by atoms with Gasteiger partial charge in [-0.3, -0.25) is 0 Å². The highest BCUT2D eigenvalue weighted by molar-refractivity contribution is 7.89. The number of carbonyl (C=O) groups is 1. The third kappa shape index (κ3) is 5.13. The molecule has 156 valence electrons. The standard InChI is InChI=1S/C21H23N5O3S/c1-3-14-25(2)30(28,29)20-11-7-18(8-12-20)24-21(27)22-16-17-5-9-19(10-6-17)26-15-4-13-23-26/h3-13,15H,1,14,16H2,2H3,(H2,22,24,27). The summed E-state index contributed by atoms with van der Waals surface area (Å²) in [5.41, 5.74) is 2.36. The Kier molecular flexibility index (Phi) is 6.65. The molecule has 9 heteroatoms. The SMILES string of the molecule is C=CCN(C)S(=O)(=O)c1ccc(NC(=O)NCc2ccc(-n3cccn3)cc2)cc1. The zero-order valence-electron chi connectivity index (χ0n) is 16.5. The van der Waals surface area contributed by atoms with Crippen LogP contribution in [0.5, 0.6) is 0 Å². The van der Waals surface area contributed by atoms with E-state index in [-0.39, 0.29) is 17.5 Å². The minimum atomic E-state index is -3.58. The van der Waals surface area contributed by atoms with E-state index in [0.717, 1.165) is 11.3 Å². The lowest BCUT2D eigenvalue weighted by atomic mass is 10.2. The molecule has 2 amide bonds. The number of nitrogens with zero attached hydrogens (tertiary/aromatic N) is 3. The lowest BCUT2D eigenvalue weighted by Crippen LogP contribution is -2.28. The van der Waals surface area contributed by atoms with Crippen molar-refractivity contribution < 1.29 is 13.2 Å². The highest BCUT2D eigenvalue weighted by Crippen LogP contribution is 2.17. The van der Waals surface area contributed by atoms with Crippen LogP contribution in [0.3, 0.4) is 0 Å². The number of benzene rings is 2. The maximum absolute atomic E-state index is 12.4. The van der Waals surface area contributed by atoms with Crippen LogP contribution in [0.4, 0.5) is 10.5 Å².